The Morgan fingerprint density at radius 2 is 1.95 bits per heavy atom. The molecule has 0 saturated carbocycles. The highest BCUT2D eigenvalue weighted by Crippen LogP contribution is 2.24. The lowest BCUT2D eigenvalue weighted by Crippen LogP contribution is -2.47. The monoisotopic (exact) mass is 288 g/mol. The smallest absolute Gasteiger partial charge is 0.305 e. The van der Waals surface area contributed by atoms with Crippen molar-refractivity contribution in [2.45, 2.75) is 19.4 Å². The maximum atomic E-state index is 13.6. The normalized spacial score (nSPS) is 11.3. The minimum Gasteiger partial charge on any atom is -0.394 e. The van der Waals surface area contributed by atoms with Crippen molar-refractivity contribution in [3.63, 3.8) is 0 Å². The third-order valence-corrected chi connectivity index (χ3v) is 3.06. The van der Waals surface area contributed by atoms with Crippen LogP contribution in [-0.2, 0) is 0 Å². The Morgan fingerprint density at radius 1 is 1.40 bits per heavy atom. The molecular weight excluding hydrogens is 274 g/mol. The molecule has 1 aromatic rings. The van der Waals surface area contributed by atoms with Crippen LogP contribution in [0.5, 0.6) is 0 Å². The number of carbonyl (C=O) groups excluding carboxylic acids is 1. The van der Waals surface area contributed by atoms with E-state index in [0.717, 1.165) is 4.90 Å². The highest BCUT2D eigenvalue weighted by molar-refractivity contribution is 5.95. The predicted octanol–water partition coefficient (Wildman–Crippen LogP) is 1.72. The summed E-state index contributed by atoms with van der Waals surface area (Å²) in [6.45, 7) is 2.67. The Kier molecular flexibility index (Phi) is 4.39. The van der Waals surface area contributed by atoms with Crippen LogP contribution in [0, 0.1) is 21.7 Å². The van der Waals surface area contributed by atoms with E-state index >= 15 is 0 Å². The molecule has 0 radical (unpaired) electrons. The second-order valence-corrected chi connectivity index (χ2v) is 4.88. The van der Waals surface area contributed by atoms with Crippen molar-refractivity contribution in [3.8, 4) is 0 Å². The van der Waals surface area contributed by atoms with Crippen molar-refractivity contribution in [1.29, 1.82) is 0 Å². The number of hydrogen-bond acceptors (Lipinski definition) is 4. The predicted molar refractivity (Wildman–Crippen MR) is 66.3 cm³/mol. The fourth-order valence-corrected chi connectivity index (χ4v) is 1.40. The largest absolute Gasteiger partial charge is 0.394 e. The van der Waals surface area contributed by atoms with Gasteiger partial charge in [0.1, 0.15) is 5.82 Å². The number of aliphatic hydroxyl groups is 1. The number of nitrogens with zero attached hydrogens (tertiary/aromatic N) is 2. The first kappa shape index (κ1) is 16.0. The van der Waals surface area contributed by atoms with Crippen LogP contribution < -0.4 is 0 Å². The van der Waals surface area contributed by atoms with Crippen LogP contribution in [0.25, 0.3) is 0 Å². The molecule has 0 heterocycles. The van der Waals surface area contributed by atoms with Crippen molar-refractivity contribution in [3.05, 3.63) is 39.4 Å². The van der Waals surface area contributed by atoms with Crippen LogP contribution in [0.1, 0.15) is 24.2 Å². The Morgan fingerprint density at radius 3 is 2.40 bits per heavy atom. The summed E-state index contributed by atoms with van der Waals surface area (Å²) in [5, 5.41) is 19.8. The summed E-state index contributed by atoms with van der Waals surface area (Å²) in [5.74, 6) is -3.43. The van der Waals surface area contributed by atoms with Gasteiger partial charge in [0, 0.05) is 19.2 Å². The molecule has 1 aromatic carbocycles. The van der Waals surface area contributed by atoms with Gasteiger partial charge in [-0.15, -0.1) is 0 Å². The summed E-state index contributed by atoms with van der Waals surface area (Å²) >= 11 is 0. The fourth-order valence-electron chi connectivity index (χ4n) is 1.40. The minimum absolute atomic E-state index is 0.297. The number of amides is 1. The van der Waals surface area contributed by atoms with Gasteiger partial charge in [-0.1, -0.05) is 0 Å². The SMILES string of the molecule is CN(C(=O)c1cc([N+](=O)[O-])c(F)cc1F)C(C)(C)CO. The number of hydrogen-bond donors (Lipinski definition) is 1. The lowest BCUT2D eigenvalue weighted by molar-refractivity contribution is -0.387. The molecule has 6 nitrogen and oxygen atoms in total. The zero-order chi connectivity index (χ0) is 15.7. The number of likely N-dealkylation sites (N-methyl/N-ethyl adjacent to an activating group) is 1. The van der Waals surface area contributed by atoms with E-state index < -0.39 is 39.3 Å². The van der Waals surface area contributed by atoms with E-state index in [1.807, 2.05) is 0 Å². The molecule has 1 rings (SSSR count). The van der Waals surface area contributed by atoms with E-state index in [-0.39, 0.29) is 6.61 Å². The average Bonchev–Trinajstić information content (AvgIpc) is 2.36. The quantitative estimate of drug-likeness (QED) is 0.675. The van der Waals surface area contributed by atoms with Crippen molar-refractivity contribution in [2.75, 3.05) is 13.7 Å². The molecule has 0 aliphatic carbocycles. The third kappa shape index (κ3) is 2.90. The van der Waals surface area contributed by atoms with Gasteiger partial charge in [-0.3, -0.25) is 14.9 Å². The fraction of sp³-hybridized carbons (Fsp3) is 0.417. The number of nitro groups is 1. The zero-order valence-electron chi connectivity index (χ0n) is 11.2. The second kappa shape index (κ2) is 5.49. The number of nitro benzene ring substituents is 1. The highest BCUT2D eigenvalue weighted by atomic mass is 19.1. The van der Waals surface area contributed by atoms with E-state index in [9.17, 15) is 23.7 Å². The summed E-state index contributed by atoms with van der Waals surface area (Å²) in [5.41, 5.74) is -2.60. The van der Waals surface area contributed by atoms with Crippen molar-refractivity contribution in [2.24, 2.45) is 0 Å². The molecule has 0 fully saturated rings. The van der Waals surface area contributed by atoms with Gasteiger partial charge in [-0.25, -0.2) is 4.39 Å². The van der Waals surface area contributed by atoms with Crippen LogP contribution in [0.2, 0.25) is 0 Å². The van der Waals surface area contributed by atoms with Crippen LogP contribution in [-0.4, -0.2) is 40.0 Å². The van der Waals surface area contributed by atoms with Crippen LogP contribution in [0.4, 0.5) is 14.5 Å². The lowest BCUT2D eigenvalue weighted by Gasteiger charge is -2.34. The van der Waals surface area contributed by atoms with Crippen molar-refractivity contribution >= 4 is 11.6 Å². The van der Waals surface area contributed by atoms with Crippen LogP contribution in [0.3, 0.4) is 0 Å². The summed E-state index contributed by atoms with van der Waals surface area (Å²) in [6, 6.07) is 0.849. The number of rotatable bonds is 4. The average molecular weight is 288 g/mol. The highest BCUT2D eigenvalue weighted by Gasteiger charge is 2.31. The molecule has 20 heavy (non-hydrogen) atoms. The molecule has 0 aromatic heterocycles. The maximum Gasteiger partial charge on any atom is 0.305 e. The van der Waals surface area contributed by atoms with Gasteiger partial charge in [0.2, 0.25) is 5.82 Å². The Labute approximate surface area is 113 Å². The lowest BCUT2D eigenvalue weighted by atomic mass is 10.0. The summed E-state index contributed by atoms with van der Waals surface area (Å²) in [7, 11) is 1.31. The molecule has 8 heteroatoms. The summed E-state index contributed by atoms with van der Waals surface area (Å²) < 4.78 is 26.8. The molecule has 0 saturated heterocycles. The zero-order valence-corrected chi connectivity index (χ0v) is 11.2. The van der Waals surface area contributed by atoms with Gasteiger partial charge in [0.05, 0.1) is 22.6 Å². The number of halogens is 2. The van der Waals surface area contributed by atoms with Crippen LogP contribution >= 0.6 is 0 Å². The van der Waals surface area contributed by atoms with E-state index in [2.05, 4.69) is 0 Å². The molecule has 0 bridgehead atoms. The van der Waals surface area contributed by atoms with Gasteiger partial charge >= 0.3 is 5.69 Å². The molecule has 0 aliphatic rings. The van der Waals surface area contributed by atoms with Crippen molar-refractivity contribution < 1.29 is 23.6 Å². The van der Waals surface area contributed by atoms with Gasteiger partial charge in [-0.05, 0) is 13.8 Å². The first-order chi connectivity index (χ1) is 9.11. The number of aliphatic hydroxyl groups excluding tert-OH is 1. The molecule has 0 unspecified atom stereocenters. The minimum atomic E-state index is -1.35. The second-order valence-electron chi connectivity index (χ2n) is 4.88. The van der Waals surface area contributed by atoms with Crippen LogP contribution in [0.15, 0.2) is 12.1 Å². The van der Waals surface area contributed by atoms with E-state index in [1.165, 1.54) is 20.9 Å². The molecule has 0 atom stereocenters. The molecule has 1 N–H and O–H groups in total. The summed E-state index contributed by atoms with van der Waals surface area (Å²) in [6.07, 6.45) is 0. The Balaban J connectivity index is 3.30. The first-order valence-electron chi connectivity index (χ1n) is 5.64. The first-order valence-corrected chi connectivity index (χ1v) is 5.64. The molecule has 1 amide bonds. The van der Waals surface area contributed by atoms with Gasteiger partial charge in [-0.2, -0.15) is 4.39 Å². The standard InChI is InChI=1S/C12H14F2N2O4/c1-12(2,6-17)15(3)11(18)7-4-10(16(19)20)9(14)5-8(7)13/h4-5,17H,6H2,1-3H3. The maximum absolute atomic E-state index is 13.6. The Bertz CT molecular complexity index is 561. The van der Waals surface area contributed by atoms with Gasteiger partial charge in [0.15, 0.2) is 0 Å². The Hall–Kier alpha value is -2.09. The molecule has 110 valence electrons. The number of benzene rings is 1. The third-order valence-electron chi connectivity index (χ3n) is 3.06. The summed E-state index contributed by atoms with van der Waals surface area (Å²) in [4.78, 5) is 22.7. The molecule has 0 aliphatic heterocycles. The van der Waals surface area contributed by atoms with Gasteiger partial charge < -0.3 is 10.0 Å². The number of carbonyl (C=O) groups is 1. The van der Waals surface area contributed by atoms with Gasteiger partial charge in [0.25, 0.3) is 5.91 Å². The van der Waals surface area contributed by atoms with E-state index in [0.29, 0.717) is 12.1 Å². The molecular formula is C12H14F2N2O4. The topological polar surface area (TPSA) is 83.7 Å². The van der Waals surface area contributed by atoms with E-state index in [1.54, 1.807) is 0 Å². The van der Waals surface area contributed by atoms with Crippen molar-refractivity contribution in [1.82, 2.24) is 4.90 Å². The molecule has 0 spiro atoms. The van der Waals surface area contributed by atoms with E-state index in [4.69, 9.17) is 5.11 Å².